The quantitative estimate of drug-likeness (QED) is 0.291. The smallest absolute Gasteiger partial charge is 0.404 e. The number of nitrogens with one attached hydrogen (secondary N) is 1. The Morgan fingerprint density at radius 1 is 1.16 bits per heavy atom. The van der Waals surface area contributed by atoms with Crippen molar-refractivity contribution in [2.75, 3.05) is 17.6 Å². The molecule has 0 aliphatic heterocycles. The van der Waals surface area contributed by atoms with E-state index in [4.69, 9.17) is 11.5 Å². The van der Waals surface area contributed by atoms with E-state index in [-0.39, 0.29) is 24.0 Å². The SMILES string of the molecule is N#Cc1c(CCCN=C(N)Nc2ccccc2OC(F)(F)F)nn(-c2ccccc2)c1N. The average molecular weight is 443 g/mol. The maximum absolute atomic E-state index is 12.5. The molecule has 0 saturated carbocycles. The number of aliphatic imine (C=N–C) groups is 1. The summed E-state index contributed by atoms with van der Waals surface area (Å²) in [4.78, 5) is 4.11. The van der Waals surface area contributed by atoms with Crippen molar-refractivity contribution < 1.29 is 17.9 Å². The highest BCUT2D eigenvalue weighted by atomic mass is 19.4. The van der Waals surface area contributed by atoms with Crippen molar-refractivity contribution in [3.63, 3.8) is 0 Å². The number of ether oxygens (including phenoxy) is 1. The number of rotatable bonds is 7. The zero-order valence-corrected chi connectivity index (χ0v) is 16.8. The Kier molecular flexibility index (Phi) is 6.84. The molecule has 0 bridgehead atoms. The number of hydrogen-bond acceptors (Lipinski definition) is 5. The highest BCUT2D eigenvalue weighted by Gasteiger charge is 2.32. The molecule has 0 saturated heterocycles. The van der Waals surface area contributed by atoms with Gasteiger partial charge in [-0.3, -0.25) is 4.99 Å². The maximum atomic E-state index is 12.5. The summed E-state index contributed by atoms with van der Waals surface area (Å²) < 4.78 is 43.0. The van der Waals surface area contributed by atoms with Crippen molar-refractivity contribution in [2.24, 2.45) is 10.7 Å². The number of aryl methyl sites for hydroxylation is 1. The standard InChI is InChI=1S/C21H20F3N7O/c22-21(23,24)32-18-11-5-4-9-17(18)29-20(27)28-12-6-10-16-15(13-25)19(26)31(30-16)14-7-2-1-3-8-14/h1-5,7-9,11H,6,10,12,26H2,(H3,27,28,29). The summed E-state index contributed by atoms with van der Waals surface area (Å²) in [6.07, 6.45) is -3.92. The number of nitrogens with two attached hydrogens (primary N) is 2. The zero-order chi connectivity index (χ0) is 23.1. The summed E-state index contributed by atoms with van der Waals surface area (Å²) in [6, 6.07) is 16.8. The van der Waals surface area contributed by atoms with E-state index in [0.717, 1.165) is 5.69 Å². The van der Waals surface area contributed by atoms with E-state index in [1.165, 1.54) is 28.9 Å². The van der Waals surface area contributed by atoms with E-state index in [1.807, 2.05) is 30.3 Å². The van der Waals surface area contributed by atoms with Crippen LogP contribution in [0.2, 0.25) is 0 Å². The number of halogens is 3. The summed E-state index contributed by atoms with van der Waals surface area (Å²) in [5.41, 5.74) is 13.5. The number of para-hydroxylation sites is 3. The first-order chi connectivity index (χ1) is 15.3. The molecule has 0 aliphatic carbocycles. The molecule has 0 radical (unpaired) electrons. The van der Waals surface area contributed by atoms with Gasteiger partial charge in [0.05, 0.1) is 17.1 Å². The van der Waals surface area contributed by atoms with Gasteiger partial charge in [-0.25, -0.2) is 4.68 Å². The van der Waals surface area contributed by atoms with Gasteiger partial charge in [0.2, 0.25) is 0 Å². The van der Waals surface area contributed by atoms with Crippen LogP contribution in [-0.2, 0) is 6.42 Å². The number of benzene rings is 2. The monoisotopic (exact) mass is 443 g/mol. The van der Waals surface area contributed by atoms with Gasteiger partial charge >= 0.3 is 6.36 Å². The molecule has 3 aromatic rings. The van der Waals surface area contributed by atoms with E-state index < -0.39 is 12.1 Å². The lowest BCUT2D eigenvalue weighted by Crippen LogP contribution is -2.24. The predicted octanol–water partition coefficient (Wildman–Crippen LogP) is 3.58. The minimum Gasteiger partial charge on any atom is -0.404 e. The minimum atomic E-state index is -4.83. The fourth-order valence-corrected chi connectivity index (χ4v) is 2.95. The van der Waals surface area contributed by atoms with Crippen LogP contribution in [0.15, 0.2) is 59.6 Å². The van der Waals surface area contributed by atoms with Crippen molar-refractivity contribution in [1.29, 1.82) is 5.26 Å². The fourth-order valence-electron chi connectivity index (χ4n) is 2.95. The first-order valence-electron chi connectivity index (χ1n) is 9.53. The molecule has 5 N–H and O–H groups in total. The lowest BCUT2D eigenvalue weighted by Gasteiger charge is -2.14. The van der Waals surface area contributed by atoms with Gasteiger partial charge in [-0.05, 0) is 37.1 Å². The Morgan fingerprint density at radius 2 is 1.84 bits per heavy atom. The number of nitrogens with zero attached hydrogens (tertiary/aromatic N) is 4. The Morgan fingerprint density at radius 3 is 2.53 bits per heavy atom. The van der Waals surface area contributed by atoms with Crippen LogP contribution in [0, 0.1) is 11.3 Å². The molecule has 3 rings (SSSR count). The molecular weight excluding hydrogens is 423 g/mol. The van der Waals surface area contributed by atoms with Crippen LogP contribution in [0.3, 0.4) is 0 Å². The topological polar surface area (TPSA) is 127 Å². The first-order valence-corrected chi connectivity index (χ1v) is 9.53. The predicted molar refractivity (Wildman–Crippen MR) is 114 cm³/mol. The molecule has 1 aromatic heterocycles. The van der Waals surface area contributed by atoms with Crippen LogP contribution in [0.1, 0.15) is 17.7 Å². The highest BCUT2D eigenvalue weighted by molar-refractivity contribution is 5.93. The molecule has 2 aromatic carbocycles. The zero-order valence-electron chi connectivity index (χ0n) is 16.8. The van der Waals surface area contributed by atoms with Crippen molar-refractivity contribution in [3.8, 4) is 17.5 Å². The second-order valence-corrected chi connectivity index (χ2v) is 6.61. The summed E-state index contributed by atoms with van der Waals surface area (Å²) in [7, 11) is 0. The lowest BCUT2D eigenvalue weighted by molar-refractivity contribution is -0.274. The fraction of sp³-hybridized carbons (Fsp3) is 0.190. The highest BCUT2D eigenvalue weighted by Crippen LogP contribution is 2.29. The van der Waals surface area contributed by atoms with Crippen molar-refractivity contribution >= 4 is 17.5 Å². The van der Waals surface area contributed by atoms with Crippen molar-refractivity contribution in [3.05, 3.63) is 65.9 Å². The van der Waals surface area contributed by atoms with E-state index in [1.54, 1.807) is 0 Å². The van der Waals surface area contributed by atoms with Gasteiger partial charge in [0.1, 0.15) is 17.5 Å². The van der Waals surface area contributed by atoms with Gasteiger partial charge < -0.3 is 21.5 Å². The van der Waals surface area contributed by atoms with E-state index in [2.05, 4.69) is 26.2 Å². The normalized spacial score (nSPS) is 11.8. The van der Waals surface area contributed by atoms with Crippen LogP contribution in [0.5, 0.6) is 5.75 Å². The second kappa shape index (κ2) is 9.74. The molecule has 32 heavy (non-hydrogen) atoms. The van der Waals surface area contributed by atoms with Gasteiger partial charge in [0.15, 0.2) is 11.7 Å². The second-order valence-electron chi connectivity index (χ2n) is 6.61. The molecule has 0 aliphatic rings. The number of alkyl halides is 3. The Labute approximate surface area is 181 Å². The summed E-state index contributed by atoms with van der Waals surface area (Å²) in [5.74, 6) is -0.239. The number of nitriles is 1. The number of guanidine groups is 1. The molecule has 1 heterocycles. The molecule has 0 amide bonds. The Balaban J connectivity index is 1.63. The van der Waals surface area contributed by atoms with Crippen LogP contribution < -0.4 is 21.5 Å². The van der Waals surface area contributed by atoms with Gasteiger partial charge in [-0.2, -0.15) is 10.4 Å². The van der Waals surface area contributed by atoms with Crippen LogP contribution in [0.25, 0.3) is 5.69 Å². The Hall–Kier alpha value is -4.20. The molecule has 0 unspecified atom stereocenters. The van der Waals surface area contributed by atoms with E-state index in [9.17, 15) is 18.4 Å². The third-order valence-corrected chi connectivity index (χ3v) is 4.34. The van der Waals surface area contributed by atoms with Gasteiger partial charge in [-0.15, -0.1) is 13.2 Å². The number of aromatic nitrogens is 2. The number of nitrogen functional groups attached to an aromatic ring is 1. The molecule has 0 atom stereocenters. The molecular formula is C21H20F3N7O. The van der Waals surface area contributed by atoms with Crippen LogP contribution >= 0.6 is 0 Å². The largest absolute Gasteiger partial charge is 0.573 e. The molecule has 8 nitrogen and oxygen atoms in total. The van der Waals surface area contributed by atoms with E-state index in [0.29, 0.717) is 24.1 Å². The summed E-state index contributed by atoms with van der Waals surface area (Å²) in [6.45, 7) is 0.254. The van der Waals surface area contributed by atoms with Gasteiger partial charge in [0.25, 0.3) is 0 Å². The average Bonchev–Trinajstić information content (AvgIpc) is 3.07. The lowest BCUT2D eigenvalue weighted by atomic mass is 10.1. The molecule has 0 fully saturated rings. The summed E-state index contributed by atoms with van der Waals surface area (Å²) >= 11 is 0. The maximum Gasteiger partial charge on any atom is 0.573 e. The van der Waals surface area contributed by atoms with Crippen LogP contribution in [-0.4, -0.2) is 28.6 Å². The van der Waals surface area contributed by atoms with Crippen molar-refractivity contribution in [2.45, 2.75) is 19.2 Å². The molecule has 166 valence electrons. The number of hydrogen-bond donors (Lipinski definition) is 3. The van der Waals surface area contributed by atoms with Gasteiger partial charge in [-0.1, -0.05) is 30.3 Å². The van der Waals surface area contributed by atoms with E-state index >= 15 is 0 Å². The third-order valence-electron chi connectivity index (χ3n) is 4.34. The minimum absolute atomic E-state index is 0.0345. The third kappa shape index (κ3) is 5.69. The van der Waals surface area contributed by atoms with Crippen LogP contribution in [0.4, 0.5) is 24.7 Å². The van der Waals surface area contributed by atoms with Gasteiger partial charge in [0, 0.05) is 6.54 Å². The first kappa shape index (κ1) is 22.5. The Bertz CT molecular complexity index is 1130. The number of anilines is 2. The molecule has 0 spiro atoms. The summed E-state index contributed by atoms with van der Waals surface area (Å²) in [5, 5.41) is 16.5. The van der Waals surface area contributed by atoms with Crippen molar-refractivity contribution in [1.82, 2.24) is 9.78 Å². The molecule has 11 heteroatoms.